The van der Waals surface area contributed by atoms with Gasteiger partial charge in [0, 0.05) is 5.38 Å². The van der Waals surface area contributed by atoms with Gasteiger partial charge in [-0.1, -0.05) is 0 Å². The molecule has 0 radical (unpaired) electrons. The number of amides is 1. The van der Waals surface area contributed by atoms with E-state index in [1.807, 2.05) is 18.4 Å². The molecule has 1 atom stereocenters. The van der Waals surface area contributed by atoms with Crippen molar-refractivity contribution in [3.05, 3.63) is 40.2 Å². The number of nitrogens with two attached hydrogens (primary N) is 1. The number of furan rings is 1. The molecule has 2 aromatic heterocycles. The molecule has 0 aliphatic heterocycles. The Morgan fingerprint density at radius 3 is 3.11 bits per heavy atom. The van der Waals surface area contributed by atoms with Crippen LogP contribution >= 0.6 is 11.3 Å². The molecule has 5 nitrogen and oxygen atoms in total. The van der Waals surface area contributed by atoms with Crippen molar-refractivity contribution in [2.45, 2.75) is 25.9 Å². The molecule has 1 amide bonds. The van der Waals surface area contributed by atoms with Crippen molar-refractivity contribution in [2.75, 3.05) is 0 Å². The van der Waals surface area contributed by atoms with Crippen LogP contribution in [0, 0.1) is 0 Å². The van der Waals surface area contributed by atoms with Crippen LogP contribution in [-0.2, 0) is 17.8 Å². The van der Waals surface area contributed by atoms with Crippen molar-refractivity contribution in [2.24, 2.45) is 5.73 Å². The molecule has 96 valence electrons. The molecule has 1 unspecified atom stereocenters. The molecular formula is C12H15N3O2S. The smallest absolute Gasteiger partial charge is 0.226 e. The summed E-state index contributed by atoms with van der Waals surface area (Å²) in [6.07, 6.45) is 1.85. The van der Waals surface area contributed by atoms with Gasteiger partial charge in [-0.25, -0.2) is 4.98 Å². The van der Waals surface area contributed by atoms with Crippen molar-refractivity contribution in [3.63, 3.8) is 0 Å². The lowest BCUT2D eigenvalue weighted by Gasteiger charge is -2.01. The molecule has 0 bridgehead atoms. The number of nitrogens with zero attached hydrogens (tertiary/aromatic N) is 1. The molecule has 0 saturated heterocycles. The highest BCUT2D eigenvalue weighted by Gasteiger charge is 2.10. The van der Waals surface area contributed by atoms with Crippen LogP contribution < -0.4 is 11.1 Å². The summed E-state index contributed by atoms with van der Waals surface area (Å²) in [5.74, 6) is 0.658. The minimum absolute atomic E-state index is 0.0760. The third-order valence-electron chi connectivity index (χ3n) is 2.34. The summed E-state index contributed by atoms with van der Waals surface area (Å²) < 4.78 is 5.12. The first kappa shape index (κ1) is 12.8. The van der Waals surface area contributed by atoms with Crippen LogP contribution in [0.25, 0.3) is 0 Å². The van der Waals surface area contributed by atoms with Crippen molar-refractivity contribution in [1.29, 1.82) is 0 Å². The Morgan fingerprint density at radius 1 is 1.67 bits per heavy atom. The maximum atomic E-state index is 11.7. The van der Waals surface area contributed by atoms with Crippen LogP contribution in [0.4, 0.5) is 0 Å². The molecule has 2 rings (SSSR count). The van der Waals surface area contributed by atoms with Gasteiger partial charge in [0.1, 0.15) is 10.8 Å². The molecule has 0 spiro atoms. The zero-order valence-electron chi connectivity index (χ0n) is 10.1. The van der Waals surface area contributed by atoms with Crippen molar-refractivity contribution < 1.29 is 9.21 Å². The molecule has 0 fully saturated rings. The van der Waals surface area contributed by atoms with E-state index in [2.05, 4.69) is 10.3 Å². The summed E-state index contributed by atoms with van der Waals surface area (Å²) in [5.41, 5.74) is 6.47. The van der Waals surface area contributed by atoms with E-state index < -0.39 is 0 Å². The average molecular weight is 265 g/mol. The van der Waals surface area contributed by atoms with E-state index in [1.165, 1.54) is 11.3 Å². The van der Waals surface area contributed by atoms with Crippen LogP contribution in [0.15, 0.2) is 28.2 Å². The van der Waals surface area contributed by atoms with Gasteiger partial charge in [-0.15, -0.1) is 11.3 Å². The highest BCUT2D eigenvalue weighted by molar-refractivity contribution is 7.09. The Balaban J connectivity index is 1.83. The Kier molecular flexibility index (Phi) is 4.11. The fraction of sp³-hybridized carbons (Fsp3) is 0.333. The first-order chi connectivity index (χ1) is 8.65. The number of carbonyl (C=O) groups is 1. The third kappa shape index (κ3) is 3.41. The van der Waals surface area contributed by atoms with Gasteiger partial charge in [-0.3, -0.25) is 4.79 Å². The largest absolute Gasteiger partial charge is 0.467 e. The van der Waals surface area contributed by atoms with Crippen LogP contribution in [0.3, 0.4) is 0 Å². The van der Waals surface area contributed by atoms with Gasteiger partial charge in [0.05, 0.1) is 31.0 Å². The minimum atomic E-state index is -0.0880. The second-order valence-electron chi connectivity index (χ2n) is 4.00. The van der Waals surface area contributed by atoms with Crippen LogP contribution in [0.2, 0.25) is 0 Å². The monoisotopic (exact) mass is 265 g/mol. The second kappa shape index (κ2) is 5.79. The summed E-state index contributed by atoms with van der Waals surface area (Å²) in [7, 11) is 0. The molecule has 6 heteroatoms. The molecule has 0 saturated carbocycles. The second-order valence-corrected chi connectivity index (χ2v) is 4.89. The standard InChI is InChI=1S/C12H15N3O2S/c1-8(13)12-15-9(7-18-12)5-11(16)14-6-10-3-2-4-17-10/h2-4,7-8H,5-6,13H2,1H3,(H,14,16). The third-order valence-corrected chi connectivity index (χ3v) is 3.44. The Hall–Kier alpha value is -1.66. The summed E-state index contributed by atoms with van der Waals surface area (Å²) in [5, 5.41) is 5.49. The van der Waals surface area contributed by atoms with Crippen molar-refractivity contribution in [1.82, 2.24) is 10.3 Å². The van der Waals surface area contributed by atoms with Gasteiger partial charge in [0.2, 0.25) is 5.91 Å². The first-order valence-corrected chi connectivity index (χ1v) is 6.52. The summed E-state index contributed by atoms with van der Waals surface area (Å²) in [6.45, 7) is 2.27. The first-order valence-electron chi connectivity index (χ1n) is 5.64. The number of thiazole rings is 1. The highest BCUT2D eigenvalue weighted by Crippen LogP contribution is 2.16. The number of carbonyl (C=O) groups excluding carboxylic acids is 1. The lowest BCUT2D eigenvalue weighted by Crippen LogP contribution is -2.24. The van der Waals surface area contributed by atoms with E-state index in [-0.39, 0.29) is 18.4 Å². The molecule has 2 aromatic rings. The van der Waals surface area contributed by atoms with Gasteiger partial charge in [0.15, 0.2) is 0 Å². The molecule has 3 N–H and O–H groups in total. The van der Waals surface area contributed by atoms with Gasteiger partial charge < -0.3 is 15.5 Å². The fourth-order valence-corrected chi connectivity index (χ4v) is 2.22. The normalized spacial score (nSPS) is 12.3. The van der Waals surface area contributed by atoms with Gasteiger partial charge in [-0.2, -0.15) is 0 Å². The molecule has 0 aliphatic rings. The van der Waals surface area contributed by atoms with E-state index in [0.29, 0.717) is 6.54 Å². The van der Waals surface area contributed by atoms with Crippen LogP contribution in [-0.4, -0.2) is 10.9 Å². The summed E-state index contributed by atoms with van der Waals surface area (Å²) in [6, 6.07) is 3.52. The maximum Gasteiger partial charge on any atom is 0.226 e. The maximum absolute atomic E-state index is 11.7. The SMILES string of the molecule is CC(N)c1nc(CC(=O)NCc2ccco2)cs1. The molecule has 18 heavy (non-hydrogen) atoms. The predicted octanol–water partition coefficient (Wildman–Crippen LogP) is 1.61. The van der Waals surface area contributed by atoms with Gasteiger partial charge >= 0.3 is 0 Å². The topological polar surface area (TPSA) is 81.1 Å². The van der Waals surface area contributed by atoms with E-state index in [0.717, 1.165) is 16.5 Å². The lowest BCUT2D eigenvalue weighted by molar-refractivity contribution is -0.120. The van der Waals surface area contributed by atoms with E-state index in [9.17, 15) is 4.79 Å². The Labute approximate surface area is 109 Å². The van der Waals surface area contributed by atoms with E-state index >= 15 is 0 Å². The van der Waals surface area contributed by atoms with Crippen molar-refractivity contribution >= 4 is 17.2 Å². The Bertz CT molecular complexity index is 505. The minimum Gasteiger partial charge on any atom is -0.467 e. The Morgan fingerprint density at radius 2 is 2.50 bits per heavy atom. The molecular weight excluding hydrogens is 250 g/mol. The van der Waals surface area contributed by atoms with E-state index in [4.69, 9.17) is 10.2 Å². The van der Waals surface area contributed by atoms with Gasteiger partial charge in [0.25, 0.3) is 0 Å². The average Bonchev–Trinajstić information content (AvgIpc) is 2.96. The number of nitrogens with one attached hydrogen (secondary N) is 1. The lowest BCUT2D eigenvalue weighted by atomic mass is 10.3. The number of rotatable bonds is 5. The van der Waals surface area contributed by atoms with Crippen molar-refractivity contribution in [3.8, 4) is 0 Å². The molecule has 0 aromatic carbocycles. The fourth-order valence-electron chi connectivity index (χ4n) is 1.44. The summed E-state index contributed by atoms with van der Waals surface area (Å²) in [4.78, 5) is 16.0. The molecule has 0 aliphatic carbocycles. The van der Waals surface area contributed by atoms with E-state index in [1.54, 1.807) is 12.3 Å². The van der Waals surface area contributed by atoms with Crippen LogP contribution in [0.5, 0.6) is 0 Å². The quantitative estimate of drug-likeness (QED) is 0.860. The van der Waals surface area contributed by atoms with Gasteiger partial charge in [-0.05, 0) is 19.1 Å². The number of hydrogen-bond acceptors (Lipinski definition) is 5. The zero-order valence-corrected chi connectivity index (χ0v) is 10.9. The van der Waals surface area contributed by atoms with Crippen LogP contribution in [0.1, 0.15) is 29.4 Å². The predicted molar refractivity (Wildman–Crippen MR) is 69.0 cm³/mol. The number of hydrogen-bond donors (Lipinski definition) is 2. The molecule has 2 heterocycles. The zero-order chi connectivity index (χ0) is 13.0. The highest BCUT2D eigenvalue weighted by atomic mass is 32.1. The number of aromatic nitrogens is 1. The summed E-state index contributed by atoms with van der Waals surface area (Å²) >= 11 is 1.48.